The van der Waals surface area contributed by atoms with Crippen LogP contribution in [0.25, 0.3) is 0 Å². The van der Waals surface area contributed by atoms with Crippen molar-refractivity contribution < 1.29 is 50.4 Å². The highest BCUT2D eigenvalue weighted by Crippen LogP contribution is 2.37. The van der Waals surface area contributed by atoms with E-state index >= 15 is 0 Å². The zero-order chi connectivity index (χ0) is 37.3. The SMILES string of the molecule is CCCCC[C@H](O)/C=C/[C@@H]1[C@@H](C/C=C\CCCC(=O)O)[C@@H](O)C[C@H]1O.CCCCC[C@H](O)/C=C/[C@@H]1[C@@H](C/C=C\CCCC(=O)O)[C@@H](O)C[C@H]1O. The number of aliphatic carboxylic acids is 2. The molecule has 0 radical (unpaired) electrons. The summed E-state index contributed by atoms with van der Waals surface area (Å²) in [4.78, 5) is 20.9. The molecule has 2 rings (SSSR count). The van der Waals surface area contributed by atoms with E-state index in [-0.39, 0.29) is 36.5 Å². The highest BCUT2D eigenvalue weighted by Gasteiger charge is 2.40. The number of rotatable bonds is 24. The molecular weight excluding hydrogens is 640 g/mol. The molecule has 0 saturated heterocycles. The Balaban J connectivity index is 0.000000500. The Morgan fingerprint density at radius 2 is 0.960 bits per heavy atom. The molecule has 50 heavy (non-hydrogen) atoms. The van der Waals surface area contributed by atoms with Crippen molar-refractivity contribution >= 4 is 11.9 Å². The molecule has 0 aromatic carbocycles. The summed E-state index contributed by atoms with van der Waals surface area (Å²) in [6, 6.07) is 0. The molecule has 10 heteroatoms. The fourth-order valence-corrected chi connectivity index (χ4v) is 6.81. The van der Waals surface area contributed by atoms with Crippen molar-refractivity contribution in [3.05, 3.63) is 48.6 Å². The maximum absolute atomic E-state index is 10.5. The second-order valence-corrected chi connectivity index (χ2v) is 14.1. The number of allylic oxidation sites excluding steroid dienone is 4. The van der Waals surface area contributed by atoms with Gasteiger partial charge in [0.15, 0.2) is 0 Å². The Morgan fingerprint density at radius 1 is 0.580 bits per heavy atom. The molecule has 10 nitrogen and oxygen atoms in total. The van der Waals surface area contributed by atoms with Gasteiger partial charge < -0.3 is 40.9 Å². The number of hydrogen-bond donors (Lipinski definition) is 8. The van der Waals surface area contributed by atoms with Gasteiger partial charge in [-0.2, -0.15) is 0 Å². The molecule has 0 heterocycles. The van der Waals surface area contributed by atoms with Gasteiger partial charge in [-0.05, 0) is 63.2 Å². The predicted octanol–water partition coefficient (Wildman–Crippen LogP) is 6.09. The second kappa shape index (κ2) is 27.3. The first kappa shape index (κ1) is 45.7. The van der Waals surface area contributed by atoms with Crippen LogP contribution < -0.4 is 0 Å². The Labute approximate surface area is 300 Å². The fraction of sp³-hybridized carbons (Fsp3) is 0.750. The van der Waals surface area contributed by atoms with Crippen LogP contribution in [0.1, 0.15) is 129 Å². The van der Waals surface area contributed by atoms with Gasteiger partial charge in [-0.25, -0.2) is 0 Å². The van der Waals surface area contributed by atoms with Gasteiger partial charge in [0, 0.05) is 37.5 Å². The summed E-state index contributed by atoms with van der Waals surface area (Å²) < 4.78 is 0. The lowest BCUT2D eigenvalue weighted by Crippen LogP contribution is -2.20. The molecule has 2 aliphatic carbocycles. The average Bonchev–Trinajstić information content (AvgIpc) is 3.49. The molecule has 0 amide bonds. The summed E-state index contributed by atoms with van der Waals surface area (Å²) in [5, 5.41) is 77.9. The first-order valence-electron chi connectivity index (χ1n) is 19.1. The normalized spacial score (nSPS) is 28.2. The van der Waals surface area contributed by atoms with Crippen LogP contribution >= 0.6 is 0 Å². The van der Waals surface area contributed by atoms with Crippen LogP contribution in [0, 0.1) is 23.7 Å². The van der Waals surface area contributed by atoms with E-state index in [1.807, 2.05) is 36.5 Å². The molecular formula is C40H68O10. The smallest absolute Gasteiger partial charge is 0.303 e. The molecule has 0 bridgehead atoms. The lowest BCUT2D eigenvalue weighted by molar-refractivity contribution is -0.138. The molecule has 0 aromatic heterocycles. The van der Waals surface area contributed by atoms with Gasteiger partial charge in [0.1, 0.15) is 0 Å². The molecule has 0 spiro atoms. The summed E-state index contributed by atoms with van der Waals surface area (Å²) in [6.07, 6.45) is 24.6. The van der Waals surface area contributed by atoms with E-state index < -0.39 is 48.6 Å². The Hall–Kier alpha value is -2.34. The molecule has 2 aliphatic rings. The molecule has 2 saturated carbocycles. The standard InChI is InChI=1S/2C20H34O5/c2*1-2-3-6-9-15(21)12-13-17-16(18(22)14-19(17)23)10-7-4-5-8-11-20(24)25/h2*4,7,12-13,15-19,21-23H,2-3,5-6,8-11,14H2,1H3,(H,24,25)/b2*7-4-,13-12+/t2*15-,16+,17+,18-,19+/m00/s1. The maximum Gasteiger partial charge on any atom is 0.303 e. The van der Waals surface area contributed by atoms with E-state index in [2.05, 4.69) is 13.8 Å². The molecule has 8 N–H and O–H groups in total. The molecule has 288 valence electrons. The number of aliphatic hydroxyl groups is 6. The maximum atomic E-state index is 10.5. The molecule has 10 atom stereocenters. The zero-order valence-corrected chi connectivity index (χ0v) is 30.5. The van der Waals surface area contributed by atoms with Crippen LogP contribution in [0.4, 0.5) is 0 Å². The largest absolute Gasteiger partial charge is 0.481 e. The number of hydrogen-bond acceptors (Lipinski definition) is 8. The number of carbonyl (C=O) groups is 2. The summed E-state index contributed by atoms with van der Waals surface area (Å²) >= 11 is 0. The molecule has 2 fully saturated rings. The molecule has 0 aliphatic heterocycles. The minimum Gasteiger partial charge on any atom is -0.481 e. The highest BCUT2D eigenvalue weighted by molar-refractivity contribution is 5.66. The van der Waals surface area contributed by atoms with Gasteiger partial charge in [-0.15, -0.1) is 0 Å². The van der Waals surface area contributed by atoms with E-state index in [1.54, 1.807) is 12.2 Å². The summed E-state index contributed by atoms with van der Waals surface area (Å²) in [7, 11) is 0. The average molecular weight is 709 g/mol. The van der Waals surface area contributed by atoms with E-state index in [9.17, 15) is 40.2 Å². The third-order valence-electron chi connectivity index (χ3n) is 9.82. The first-order chi connectivity index (χ1) is 23.9. The number of carboxylic acids is 2. The topological polar surface area (TPSA) is 196 Å². The minimum absolute atomic E-state index is 0.0650. The highest BCUT2D eigenvalue weighted by atomic mass is 16.4. The summed E-state index contributed by atoms with van der Waals surface area (Å²) in [5.74, 6) is -2.01. The van der Waals surface area contributed by atoms with E-state index in [0.29, 0.717) is 51.4 Å². The number of aliphatic hydroxyl groups excluding tert-OH is 6. The summed E-state index contributed by atoms with van der Waals surface area (Å²) in [6.45, 7) is 4.25. The second-order valence-electron chi connectivity index (χ2n) is 14.1. The monoisotopic (exact) mass is 708 g/mol. The molecule has 0 aromatic rings. The minimum atomic E-state index is -0.787. The van der Waals surface area contributed by atoms with Crippen LogP contribution in [0.15, 0.2) is 48.6 Å². The lowest BCUT2D eigenvalue weighted by Gasteiger charge is -2.19. The Morgan fingerprint density at radius 3 is 1.30 bits per heavy atom. The third-order valence-corrected chi connectivity index (χ3v) is 9.82. The van der Waals surface area contributed by atoms with Gasteiger partial charge in [0.05, 0.1) is 36.6 Å². The lowest BCUT2D eigenvalue weighted by atomic mass is 9.89. The van der Waals surface area contributed by atoms with Crippen LogP contribution in [-0.4, -0.2) is 89.4 Å². The number of carboxylic acid groups (broad SMARTS) is 2. The predicted molar refractivity (Wildman–Crippen MR) is 196 cm³/mol. The van der Waals surface area contributed by atoms with Crippen molar-refractivity contribution in [1.29, 1.82) is 0 Å². The van der Waals surface area contributed by atoms with Gasteiger partial charge in [-0.3, -0.25) is 9.59 Å². The molecule has 0 unspecified atom stereocenters. The third kappa shape index (κ3) is 19.9. The van der Waals surface area contributed by atoms with Gasteiger partial charge >= 0.3 is 11.9 Å². The van der Waals surface area contributed by atoms with Crippen LogP contribution in [0.5, 0.6) is 0 Å². The van der Waals surface area contributed by atoms with Gasteiger partial charge in [0.25, 0.3) is 0 Å². The Bertz CT molecular complexity index is 944. The van der Waals surface area contributed by atoms with Crippen molar-refractivity contribution in [3.8, 4) is 0 Å². The van der Waals surface area contributed by atoms with E-state index in [1.165, 1.54) is 0 Å². The van der Waals surface area contributed by atoms with Crippen LogP contribution in [-0.2, 0) is 9.59 Å². The van der Waals surface area contributed by atoms with Gasteiger partial charge in [-0.1, -0.05) is 101 Å². The van der Waals surface area contributed by atoms with Crippen molar-refractivity contribution in [2.75, 3.05) is 0 Å². The van der Waals surface area contributed by atoms with E-state index in [4.69, 9.17) is 10.2 Å². The van der Waals surface area contributed by atoms with Crippen molar-refractivity contribution in [3.63, 3.8) is 0 Å². The van der Waals surface area contributed by atoms with Crippen molar-refractivity contribution in [2.45, 2.75) is 166 Å². The first-order valence-corrected chi connectivity index (χ1v) is 19.1. The quantitative estimate of drug-likeness (QED) is 0.0430. The van der Waals surface area contributed by atoms with Gasteiger partial charge in [0.2, 0.25) is 0 Å². The van der Waals surface area contributed by atoms with E-state index in [0.717, 1.165) is 51.4 Å². The van der Waals surface area contributed by atoms with Crippen LogP contribution in [0.2, 0.25) is 0 Å². The number of unbranched alkanes of at least 4 members (excludes halogenated alkanes) is 6. The van der Waals surface area contributed by atoms with Crippen LogP contribution in [0.3, 0.4) is 0 Å². The Kier molecular flexibility index (Phi) is 25.0. The summed E-state index contributed by atoms with van der Waals surface area (Å²) in [5.41, 5.74) is 0. The van der Waals surface area contributed by atoms with Crippen molar-refractivity contribution in [2.24, 2.45) is 23.7 Å². The fourth-order valence-electron chi connectivity index (χ4n) is 6.81. The van der Waals surface area contributed by atoms with Crippen molar-refractivity contribution in [1.82, 2.24) is 0 Å². The zero-order valence-electron chi connectivity index (χ0n) is 30.5.